The van der Waals surface area contributed by atoms with Gasteiger partial charge in [0.1, 0.15) is 18.0 Å². The SMILES string of the molecule is C[C@H](CCc1cn(C(=O)OC(C)(C)C)c2ccc(F)cc12)C(=O)N1C(=O)OC[C@H]1Cc1ccccc1. The average Bonchev–Trinajstić information content (AvgIpc) is 3.36. The number of aryl methyl sites for hydroxylation is 1. The zero-order chi connectivity index (χ0) is 26.0. The van der Waals surface area contributed by atoms with Crippen molar-refractivity contribution in [3.05, 3.63) is 71.7 Å². The number of nitrogens with zero attached hydrogens (tertiary/aromatic N) is 2. The highest BCUT2D eigenvalue weighted by Crippen LogP contribution is 2.27. The normalized spacial score (nSPS) is 16.8. The molecule has 0 saturated carbocycles. The van der Waals surface area contributed by atoms with Crippen LogP contribution < -0.4 is 0 Å². The summed E-state index contributed by atoms with van der Waals surface area (Å²) in [5.41, 5.74) is 1.59. The minimum atomic E-state index is -0.685. The summed E-state index contributed by atoms with van der Waals surface area (Å²) in [6.45, 7) is 7.26. The van der Waals surface area contributed by atoms with Gasteiger partial charge in [-0.25, -0.2) is 18.9 Å². The molecular formula is C28H31FN2O5. The van der Waals surface area contributed by atoms with Crippen LogP contribution in [0.25, 0.3) is 10.9 Å². The first-order chi connectivity index (χ1) is 17.0. The maximum absolute atomic E-state index is 14.1. The molecule has 0 radical (unpaired) electrons. The summed E-state index contributed by atoms with van der Waals surface area (Å²) in [5.74, 6) is -1.21. The van der Waals surface area contributed by atoms with E-state index in [4.69, 9.17) is 9.47 Å². The van der Waals surface area contributed by atoms with Crippen molar-refractivity contribution in [2.75, 3.05) is 6.61 Å². The predicted molar refractivity (Wildman–Crippen MR) is 133 cm³/mol. The van der Waals surface area contributed by atoms with Gasteiger partial charge in [0, 0.05) is 17.5 Å². The number of hydrogen-bond donors (Lipinski definition) is 0. The summed E-state index contributed by atoms with van der Waals surface area (Å²) >= 11 is 0. The van der Waals surface area contributed by atoms with Crippen molar-refractivity contribution in [1.82, 2.24) is 9.47 Å². The molecule has 1 saturated heterocycles. The summed E-state index contributed by atoms with van der Waals surface area (Å²) in [5, 5.41) is 0.586. The number of rotatable bonds is 6. The third kappa shape index (κ3) is 5.58. The van der Waals surface area contributed by atoms with Gasteiger partial charge in [-0.3, -0.25) is 9.36 Å². The topological polar surface area (TPSA) is 77.8 Å². The van der Waals surface area contributed by atoms with Crippen molar-refractivity contribution in [1.29, 1.82) is 0 Å². The van der Waals surface area contributed by atoms with Crippen molar-refractivity contribution in [2.24, 2.45) is 5.92 Å². The lowest BCUT2D eigenvalue weighted by Gasteiger charge is -2.23. The van der Waals surface area contributed by atoms with Crippen LogP contribution in [0.1, 0.15) is 45.2 Å². The van der Waals surface area contributed by atoms with Gasteiger partial charge in [0.15, 0.2) is 0 Å². The molecule has 1 aliphatic heterocycles. The van der Waals surface area contributed by atoms with Gasteiger partial charge < -0.3 is 9.47 Å². The molecule has 190 valence electrons. The van der Waals surface area contributed by atoms with Crippen LogP contribution in [0, 0.1) is 11.7 Å². The Labute approximate surface area is 209 Å². The summed E-state index contributed by atoms with van der Waals surface area (Å²) in [6.07, 6.45) is 1.79. The molecule has 0 N–H and O–H groups in total. The van der Waals surface area contributed by atoms with E-state index in [1.807, 2.05) is 30.3 Å². The number of aromatic nitrogens is 1. The number of benzene rings is 2. The van der Waals surface area contributed by atoms with Crippen molar-refractivity contribution in [2.45, 2.75) is 58.6 Å². The molecule has 2 heterocycles. The van der Waals surface area contributed by atoms with Crippen LogP contribution in [0.4, 0.5) is 14.0 Å². The zero-order valence-corrected chi connectivity index (χ0v) is 21.0. The van der Waals surface area contributed by atoms with Crippen molar-refractivity contribution >= 4 is 29.0 Å². The number of imide groups is 1. The Morgan fingerprint density at radius 2 is 1.89 bits per heavy atom. The van der Waals surface area contributed by atoms with Gasteiger partial charge in [-0.2, -0.15) is 0 Å². The first-order valence-electron chi connectivity index (χ1n) is 12.1. The summed E-state index contributed by atoms with van der Waals surface area (Å²) in [6, 6.07) is 13.5. The molecule has 1 aliphatic rings. The number of halogens is 1. The van der Waals surface area contributed by atoms with Gasteiger partial charge in [-0.15, -0.1) is 0 Å². The molecule has 7 nitrogen and oxygen atoms in total. The predicted octanol–water partition coefficient (Wildman–Crippen LogP) is 5.72. The third-order valence-electron chi connectivity index (χ3n) is 6.22. The molecule has 1 aromatic heterocycles. The molecule has 0 unspecified atom stereocenters. The van der Waals surface area contributed by atoms with Crippen LogP contribution in [-0.2, 0) is 27.1 Å². The van der Waals surface area contributed by atoms with Crippen LogP contribution in [0.5, 0.6) is 0 Å². The quantitative estimate of drug-likeness (QED) is 0.438. The monoisotopic (exact) mass is 494 g/mol. The molecule has 36 heavy (non-hydrogen) atoms. The Bertz CT molecular complexity index is 1280. The van der Waals surface area contributed by atoms with Crippen LogP contribution in [-0.4, -0.2) is 45.8 Å². The van der Waals surface area contributed by atoms with Crippen molar-refractivity contribution < 1.29 is 28.2 Å². The fraction of sp³-hybridized carbons (Fsp3) is 0.393. The van der Waals surface area contributed by atoms with E-state index in [1.165, 1.54) is 21.6 Å². The second kappa shape index (κ2) is 10.1. The van der Waals surface area contributed by atoms with E-state index in [1.54, 1.807) is 40.0 Å². The minimum absolute atomic E-state index is 0.162. The zero-order valence-electron chi connectivity index (χ0n) is 21.0. The number of hydrogen-bond acceptors (Lipinski definition) is 5. The van der Waals surface area contributed by atoms with E-state index in [9.17, 15) is 18.8 Å². The molecular weight excluding hydrogens is 463 g/mol. The molecule has 0 aliphatic carbocycles. The highest BCUT2D eigenvalue weighted by atomic mass is 19.1. The Morgan fingerprint density at radius 1 is 1.17 bits per heavy atom. The van der Waals surface area contributed by atoms with Gasteiger partial charge in [-0.05, 0) is 69.4 Å². The highest BCUT2D eigenvalue weighted by molar-refractivity contribution is 5.95. The fourth-order valence-corrected chi connectivity index (χ4v) is 4.43. The van der Waals surface area contributed by atoms with Crippen molar-refractivity contribution in [3.8, 4) is 0 Å². The van der Waals surface area contributed by atoms with Crippen molar-refractivity contribution in [3.63, 3.8) is 0 Å². The molecule has 4 rings (SSSR count). The van der Waals surface area contributed by atoms with E-state index in [2.05, 4.69) is 0 Å². The molecule has 2 aromatic carbocycles. The van der Waals surface area contributed by atoms with Gasteiger partial charge in [0.05, 0.1) is 11.6 Å². The number of carbonyl (C=O) groups is 3. The number of carbonyl (C=O) groups excluding carboxylic acids is 3. The van der Waals surface area contributed by atoms with Gasteiger partial charge in [0.25, 0.3) is 0 Å². The minimum Gasteiger partial charge on any atom is -0.447 e. The second-order valence-corrected chi connectivity index (χ2v) is 10.2. The van der Waals surface area contributed by atoms with E-state index in [-0.39, 0.29) is 18.6 Å². The Balaban J connectivity index is 1.50. The van der Waals surface area contributed by atoms with E-state index in [0.29, 0.717) is 30.2 Å². The molecule has 1 fully saturated rings. The van der Waals surface area contributed by atoms with Gasteiger partial charge in [0.2, 0.25) is 5.91 Å². The van der Waals surface area contributed by atoms with E-state index < -0.39 is 29.5 Å². The Kier molecular flexibility index (Phi) is 7.15. The van der Waals surface area contributed by atoms with Crippen LogP contribution in [0.15, 0.2) is 54.7 Å². The highest BCUT2D eigenvalue weighted by Gasteiger charge is 2.39. The average molecular weight is 495 g/mol. The Morgan fingerprint density at radius 3 is 2.58 bits per heavy atom. The summed E-state index contributed by atoms with van der Waals surface area (Å²) in [7, 11) is 0. The molecule has 0 spiro atoms. The first kappa shape index (κ1) is 25.4. The lowest BCUT2D eigenvalue weighted by Crippen LogP contribution is -2.43. The lowest BCUT2D eigenvalue weighted by atomic mass is 9.98. The molecule has 0 bridgehead atoms. The van der Waals surface area contributed by atoms with Crippen LogP contribution in [0.3, 0.4) is 0 Å². The summed E-state index contributed by atoms with van der Waals surface area (Å²) < 4.78 is 26.1. The number of fused-ring (bicyclic) bond motifs is 1. The maximum Gasteiger partial charge on any atom is 0.419 e. The Hall–Kier alpha value is -3.68. The second-order valence-electron chi connectivity index (χ2n) is 10.2. The molecule has 2 atom stereocenters. The molecule has 3 aromatic rings. The van der Waals surface area contributed by atoms with E-state index in [0.717, 1.165) is 11.1 Å². The number of amides is 2. The lowest BCUT2D eigenvalue weighted by molar-refractivity contribution is -0.133. The van der Waals surface area contributed by atoms with Crippen LogP contribution in [0.2, 0.25) is 0 Å². The largest absolute Gasteiger partial charge is 0.447 e. The van der Waals surface area contributed by atoms with Crippen LogP contribution >= 0.6 is 0 Å². The first-order valence-corrected chi connectivity index (χ1v) is 12.1. The third-order valence-corrected chi connectivity index (χ3v) is 6.22. The smallest absolute Gasteiger partial charge is 0.419 e. The number of cyclic esters (lactones) is 1. The standard InChI is InChI=1S/C28H31FN2O5/c1-18(25(32)31-22(17-35-27(31)34)14-19-8-6-5-7-9-19)10-11-20-16-30(26(33)36-28(2,3)4)24-13-12-21(29)15-23(20)24/h5-9,12-13,15-16,18,22H,10-11,14,17H2,1-4H3/t18-,22-/m1/s1. The maximum atomic E-state index is 14.1. The molecule has 2 amide bonds. The number of ether oxygens (including phenoxy) is 2. The van der Waals surface area contributed by atoms with E-state index >= 15 is 0 Å². The summed E-state index contributed by atoms with van der Waals surface area (Å²) in [4.78, 5) is 39.6. The van der Waals surface area contributed by atoms with Gasteiger partial charge >= 0.3 is 12.2 Å². The van der Waals surface area contributed by atoms with Gasteiger partial charge in [-0.1, -0.05) is 37.3 Å². The fourth-order valence-electron chi connectivity index (χ4n) is 4.43. The molecule has 8 heteroatoms.